The maximum absolute atomic E-state index is 12.1. The average molecular weight is 289 g/mol. The molecule has 1 aromatic rings. The second kappa shape index (κ2) is 8.85. The Kier molecular flexibility index (Phi) is 7.10. The molecule has 0 fully saturated rings. The molecular weight excluding hydrogens is 266 g/mol. The van der Waals surface area contributed by atoms with E-state index in [-0.39, 0.29) is 11.9 Å². The van der Waals surface area contributed by atoms with Crippen molar-refractivity contribution in [2.24, 2.45) is 0 Å². The van der Waals surface area contributed by atoms with Crippen molar-refractivity contribution in [3.63, 3.8) is 0 Å². The number of likely N-dealkylation sites (N-methyl/N-ethyl adjacent to an activating group) is 1. The van der Waals surface area contributed by atoms with Gasteiger partial charge < -0.3 is 15.0 Å². The standard InChI is InChI=1S/C16H23N3O2/c1-4-11-21-15-8-5-7-14(12-15)18-13(2)16(20)19(3)10-6-9-17/h5,7-8,12-13,18H,4,6,10-11H2,1-3H3/t13-/m1/s1. The van der Waals surface area contributed by atoms with E-state index < -0.39 is 0 Å². The van der Waals surface area contributed by atoms with Gasteiger partial charge in [-0.2, -0.15) is 5.26 Å². The third-order valence-electron chi connectivity index (χ3n) is 3.00. The predicted molar refractivity (Wildman–Crippen MR) is 83.2 cm³/mol. The molecule has 0 unspecified atom stereocenters. The molecule has 5 nitrogen and oxygen atoms in total. The lowest BCUT2D eigenvalue weighted by molar-refractivity contribution is -0.130. The van der Waals surface area contributed by atoms with Crippen LogP contribution in [0.3, 0.4) is 0 Å². The average Bonchev–Trinajstić information content (AvgIpc) is 2.50. The van der Waals surface area contributed by atoms with Crippen LogP contribution in [0.2, 0.25) is 0 Å². The minimum absolute atomic E-state index is 0.0369. The largest absolute Gasteiger partial charge is 0.494 e. The summed E-state index contributed by atoms with van der Waals surface area (Å²) < 4.78 is 5.57. The third kappa shape index (κ3) is 5.74. The van der Waals surface area contributed by atoms with Crippen LogP contribution >= 0.6 is 0 Å². The molecule has 0 spiro atoms. The summed E-state index contributed by atoms with van der Waals surface area (Å²) in [6.45, 7) is 4.99. The Morgan fingerprint density at radius 3 is 2.95 bits per heavy atom. The molecule has 0 saturated carbocycles. The fraction of sp³-hybridized carbons (Fsp3) is 0.500. The molecule has 1 rings (SSSR count). The molecule has 21 heavy (non-hydrogen) atoms. The highest BCUT2D eigenvalue weighted by atomic mass is 16.5. The summed E-state index contributed by atoms with van der Waals surface area (Å²) in [6.07, 6.45) is 1.30. The van der Waals surface area contributed by atoms with Crippen LogP contribution in [0.5, 0.6) is 5.75 Å². The van der Waals surface area contributed by atoms with Crippen molar-refractivity contribution in [3.8, 4) is 11.8 Å². The Labute approximate surface area is 126 Å². The molecule has 1 aromatic carbocycles. The molecule has 0 saturated heterocycles. The lowest BCUT2D eigenvalue weighted by Crippen LogP contribution is -2.39. The summed E-state index contributed by atoms with van der Waals surface area (Å²) >= 11 is 0. The van der Waals surface area contributed by atoms with Crippen LogP contribution in [0.15, 0.2) is 24.3 Å². The molecule has 0 aromatic heterocycles. The maximum Gasteiger partial charge on any atom is 0.244 e. The summed E-state index contributed by atoms with van der Waals surface area (Å²) in [7, 11) is 1.71. The van der Waals surface area contributed by atoms with Gasteiger partial charge in [-0.1, -0.05) is 13.0 Å². The number of nitriles is 1. The summed E-state index contributed by atoms with van der Waals surface area (Å²) in [5.41, 5.74) is 0.845. The number of hydrogen-bond donors (Lipinski definition) is 1. The first-order valence-corrected chi connectivity index (χ1v) is 7.19. The number of carbonyl (C=O) groups is 1. The molecule has 1 amide bonds. The molecule has 0 aliphatic rings. The lowest BCUT2D eigenvalue weighted by Gasteiger charge is -2.22. The van der Waals surface area contributed by atoms with Crippen molar-refractivity contribution in [3.05, 3.63) is 24.3 Å². The van der Waals surface area contributed by atoms with E-state index in [9.17, 15) is 4.79 Å². The zero-order valence-electron chi connectivity index (χ0n) is 12.9. The van der Waals surface area contributed by atoms with Gasteiger partial charge in [-0.25, -0.2) is 0 Å². The molecule has 0 aliphatic heterocycles. The van der Waals surface area contributed by atoms with Crippen LogP contribution in [-0.2, 0) is 4.79 Å². The molecule has 0 radical (unpaired) electrons. The zero-order chi connectivity index (χ0) is 15.7. The Balaban J connectivity index is 2.59. The number of amides is 1. The molecule has 1 N–H and O–H groups in total. The van der Waals surface area contributed by atoms with Gasteiger partial charge in [0.1, 0.15) is 11.8 Å². The van der Waals surface area contributed by atoms with E-state index in [1.54, 1.807) is 11.9 Å². The van der Waals surface area contributed by atoms with Crippen LogP contribution in [-0.4, -0.2) is 37.0 Å². The van der Waals surface area contributed by atoms with E-state index in [0.717, 1.165) is 17.9 Å². The number of nitrogens with one attached hydrogen (secondary N) is 1. The normalized spacial score (nSPS) is 11.3. The van der Waals surface area contributed by atoms with Gasteiger partial charge >= 0.3 is 0 Å². The van der Waals surface area contributed by atoms with Crippen molar-refractivity contribution < 1.29 is 9.53 Å². The topological polar surface area (TPSA) is 65.4 Å². The minimum Gasteiger partial charge on any atom is -0.494 e. The summed E-state index contributed by atoms with van der Waals surface area (Å²) in [5, 5.41) is 11.7. The van der Waals surface area contributed by atoms with Gasteiger partial charge in [-0.15, -0.1) is 0 Å². The van der Waals surface area contributed by atoms with E-state index in [2.05, 4.69) is 12.2 Å². The van der Waals surface area contributed by atoms with Crippen LogP contribution in [0.25, 0.3) is 0 Å². The van der Waals surface area contributed by atoms with Crippen molar-refractivity contribution in [2.45, 2.75) is 32.7 Å². The quantitative estimate of drug-likeness (QED) is 0.799. The van der Waals surface area contributed by atoms with Gasteiger partial charge in [0.05, 0.1) is 19.1 Å². The van der Waals surface area contributed by atoms with Crippen molar-refractivity contribution in [2.75, 3.05) is 25.5 Å². The van der Waals surface area contributed by atoms with E-state index in [0.29, 0.717) is 19.6 Å². The van der Waals surface area contributed by atoms with Gasteiger partial charge in [0.25, 0.3) is 0 Å². The third-order valence-corrected chi connectivity index (χ3v) is 3.00. The SMILES string of the molecule is CCCOc1cccc(N[C@H](C)C(=O)N(C)CCC#N)c1. The smallest absolute Gasteiger partial charge is 0.244 e. The Morgan fingerprint density at radius 1 is 1.52 bits per heavy atom. The van der Waals surface area contributed by atoms with E-state index >= 15 is 0 Å². The predicted octanol–water partition coefficient (Wildman–Crippen LogP) is 2.65. The number of anilines is 1. The number of rotatable bonds is 8. The first-order chi connectivity index (χ1) is 10.1. The Bertz CT molecular complexity index is 497. The number of hydrogen-bond acceptors (Lipinski definition) is 4. The first-order valence-electron chi connectivity index (χ1n) is 7.19. The maximum atomic E-state index is 12.1. The van der Waals surface area contributed by atoms with E-state index in [4.69, 9.17) is 10.00 Å². The van der Waals surface area contributed by atoms with Gasteiger partial charge in [0.15, 0.2) is 0 Å². The van der Waals surface area contributed by atoms with E-state index in [1.807, 2.05) is 37.3 Å². The van der Waals surface area contributed by atoms with Gasteiger partial charge in [-0.05, 0) is 25.5 Å². The van der Waals surface area contributed by atoms with Gasteiger partial charge in [-0.3, -0.25) is 4.79 Å². The van der Waals surface area contributed by atoms with Gasteiger partial charge in [0.2, 0.25) is 5.91 Å². The van der Waals surface area contributed by atoms with Crippen molar-refractivity contribution >= 4 is 11.6 Å². The summed E-state index contributed by atoms with van der Waals surface area (Å²) in [4.78, 5) is 13.7. The Morgan fingerprint density at radius 2 is 2.29 bits per heavy atom. The highest BCUT2D eigenvalue weighted by Crippen LogP contribution is 2.18. The molecular formula is C16H23N3O2. The minimum atomic E-state index is -0.352. The van der Waals surface area contributed by atoms with Crippen LogP contribution < -0.4 is 10.1 Å². The molecule has 114 valence electrons. The van der Waals surface area contributed by atoms with Crippen molar-refractivity contribution in [1.29, 1.82) is 5.26 Å². The summed E-state index contributed by atoms with van der Waals surface area (Å²) in [5.74, 6) is 0.754. The molecule has 5 heteroatoms. The lowest BCUT2D eigenvalue weighted by atomic mass is 10.2. The number of ether oxygens (including phenoxy) is 1. The van der Waals surface area contributed by atoms with Gasteiger partial charge in [0, 0.05) is 25.3 Å². The highest BCUT2D eigenvalue weighted by Gasteiger charge is 2.17. The second-order valence-electron chi connectivity index (χ2n) is 4.91. The number of carbonyl (C=O) groups excluding carboxylic acids is 1. The number of nitrogens with zero attached hydrogens (tertiary/aromatic N) is 2. The second-order valence-corrected chi connectivity index (χ2v) is 4.91. The zero-order valence-corrected chi connectivity index (χ0v) is 12.9. The Hall–Kier alpha value is -2.22. The molecule has 0 heterocycles. The fourth-order valence-electron chi connectivity index (χ4n) is 1.87. The van der Waals surface area contributed by atoms with Crippen LogP contribution in [0.1, 0.15) is 26.7 Å². The first kappa shape index (κ1) is 16.8. The molecule has 1 atom stereocenters. The fourth-order valence-corrected chi connectivity index (χ4v) is 1.87. The highest BCUT2D eigenvalue weighted by molar-refractivity contribution is 5.84. The monoisotopic (exact) mass is 289 g/mol. The van der Waals surface area contributed by atoms with Crippen LogP contribution in [0, 0.1) is 11.3 Å². The number of benzene rings is 1. The van der Waals surface area contributed by atoms with Crippen molar-refractivity contribution in [1.82, 2.24) is 4.90 Å². The van der Waals surface area contributed by atoms with Crippen LogP contribution in [0.4, 0.5) is 5.69 Å². The van der Waals surface area contributed by atoms with E-state index in [1.165, 1.54) is 0 Å². The summed E-state index contributed by atoms with van der Waals surface area (Å²) in [6, 6.07) is 9.26. The molecule has 0 bridgehead atoms. The molecule has 0 aliphatic carbocycles.